The van der Waals surface area contributed by atoms with E-state index in [0.29, 0.717) is 22.4 Å². The molecule has 0 saturated carbocycles. The number of aliphatic hydroxyl groups excluding tert-OH is 1. The zero-order chi connectivity index (χ0) is 25.4. The number of carbonyl (C=O) groups is 2. The van der Waals surface area contributed by atoms with Crippen LogP contribution in [0.2, 0.25) is 10.2 Å². The molecule has 0 bridgehead atoms. The number of aromatic amines is 1. The molecule has 0 atom stereocenters. The second-order valence-electron chi connectivity index (χ2n) is 7.71. The number of fused-ring (bicyclic) bond motifs is 1. The molecule has 11 nitrogen and oxygen atoms in total. The van der Waals surface area contributed by atoms with Gasteiger partial charge in [0.15, 0.2) is 17.3 Å². The summed E-state index contributed by atoms with van der Waals surface area (Å²) in [4.78, 5) is 37.9. The van der Waals surface area contributed by atoms with Crippen molar-refractivity contribution in [2.75, 3.05) is 23.8 Å². The van der Waals surface area contributed by atoms with E-state index in [-0.39, 0.29) is 58.5 Å². The van der Waals surface area contributed by atoms with Crippen LogP contribution in [0, 0.1) is 6.92 Å². The highest BCUT2D eigenvalue weighted by Crippen LogP contribution is 2.44. The minimum atomic E-state index is -0.497. The Morgan fingerprint density at radius 1 is 1.26 bits per heavy atom. The first-order chi connectivity index (χ1) is 16.6. The maximum Gasteiger partial charge on any atom is 0.260 e. The summed E-state index contributed by atoms with van der Waals surface area (Å²) in [6, 6.07) is 3.07. The van der Waals surface area contributed by atoms with Crippen LogP contribution < -0.4 is 16.0 Å². The van der Waals surface area contributed by atoms with Gasteiger partial charge >= 0.3 is 0 Å². The lowest BCUT2D eigenvalue weighted by Crippen LogP contribution is -2.26. The highest BCUT2D eigenvalue weighted by molar-refractivity contribution is 6.41. The number of nitrogens with one attached hydrogen (secondary N) is 2. The van der Waals surface area contributed by atoms with Gasteiger partial charge in [-0.05, 0) is 36.3 Å². The number of nitrogens with zero attached hydrogens (tertiary/aromatic N) is 3. The number of hydrogen-bond acceptors (Lipinski definition) is 8. The van der Waals surface area contributed by atoms with E-state index in [1.165, 1.54) is 23.2 Å². The number of H-pyrrole nitrogens is 1. The summed E-state index contributed by atoms with van der Waals surface area (Å²) in [7, 11) is 0. The number of benzene rings is 1. The highest BCUT2D eigenvalue weighted by atomic mass is 35.5. The number of aliphatic hydroxyl groups is 1. The number of phenolic OH excluding ortho intramolecular Hbond substituents is 2. The maximum absolute atomic E-state index is 13.5. The Kier molecular flexibility index (Phi) is 6.57. The molecule has 0 spiro atoms. The first kappa shape index (κ1) is 24.3. The number of anilines is 2. The number of rotatable bonds is 6. The van der Waals surface area contributed by atoms with Gasteiger partial charge in [0.25, 0.3) is 11.8 Å². The van der Waals surface area contributed by atoms with Crippen LogP contribution in [0.15, 0.2) is 18.3 Å². The van der Waals surface area contributed by atoms with E-state index in [1.54, 1.807) is 13.0 Å². The van der Waals surface area contributed by atoms with E-state index in [1.807, 2.05) is 0 Å². The Morgan fingerprint density at radius 3 is 2.71 bits per heavy atom. The van der Waals surface area contributed by atoms with Crippen LogP contribution in [0.1, 0.15) is 32.7 Å². The summed E-state index contributed by atoms with van der Waals surface area (Å²) in [6.45, 7) is 1.38. The normalized spacial score (nSPS) is 14.0. The lowest BCUT2D eigenvalue weighted by atomic mass is 10.1. The van der Waals surface area contributed by atoms with Crippen molar-refractivity contribution in [3.05, 3.63) is 56.5 Å². The Labute approximate surface area is 208 Å². The number of aromatic hydroxyl groups is 2. The summed E-state index contributed by atoms with van der Waals surface area (Å²) in [6.07, 6.45) is 2.95. The minimum absolute atomic E-state index is 0.0436. The fraction of sp³-hybridized carbons (Fsp3) is 0.182. The number of phenols is 2. The third-order valence-electron chi connectivity index (χ3n) is 5.34. The summed E-state index contributed by atoms with van der Waals surface area (Å²) in [5.74, 6) is -1.75. The van der Waals surface area contributed by atoms with Crippen molar-refractivity contribution in [3.8, 4) is 11.5 Å². The van der Waals surface area contributed by atoms with Crippen LogP contribution in [-0.4, -0.2) is 55.2 Å². The number of aryl methyl sites for hydroxylation is 1. The van der Waals surface area contributed by atoms with Crippen LogP contribution in [-0.2, 0) is 11.3 Å². The molecule has 3 aromatic rings. The standard InChI is InChI=1S/C22H20Cl2N6O5/c1-9-4-11(15(23)17(33)16(9)32)8-30-19-14(18(24)28-22(25)29-19)13(21(30)35)6-12-5-10(7-27-12)20(34)26-2-3-31/h4-7,27,31-33H,2-3,8H2,1H3,(H,26,34)(H2,25,28,29)/b13-6-. The molecule has 1 aliphatic rings. The van der Waals surface area contributed by atoms with Gasteiger partial charge in [0.2, 0.25) is 5.95 Å². The van der Waals surface area contributed by atoms with Crippen LogP contribution in [0.25, 0.3) is 11.6 Å². The molecular weight excluding hydrogens is 499 g/mol. The smallest absolute Gasteiger partial charge is 0.260 e. The minimum Gasteiger partial charge on any atom is -0.504 e. The van der Waals surface area contributed by atoms with E-state index in [9.17, 15) is 19.8 Å². The summed E-state index contributed by atoms with van der Waals surface area (Å²) in [5.41, 5.74) is 7.61. The van der Waals surface area contributed by atoms with Crippen molar-refractivity contribution in [1.29, 1.82) is 0 Å². The second-order valence-corrected chi connectivity index (χ2v) is 8.44. The lowest BCUT2D eigenvalue weighted by Gasteiger charge is -2.18. The molecule has 2 aromatic heterocycles. The molecule has 13 heteroatoms. The molecule has 0 fully saturated rings. The van der Waals surface area contributed by atoms with Crippen molar-refractivity contribution >= 4 is 58.4 Å². The summed E-state index contributed by atoms with van der Waals surface area (Å²) < 4.78 is 0. The molecule has 4 rings (SSSR count). The molecular formula is C22H20Cl2N6O5. The van der Waals surface area contributed by atoms with Crippen LogP contribution in [0.4, 0.5) is 11.8 Å². The Balaban J connectivity index is 1.75. The van der Waals surface area contributed by atoms with Crippen molar-refractivity contribution in [1.82, 2.24) is 20.3 Å². The van der Waals surface area contributed by atoms with Gasteiger partial charge in [-0.1, -0.05) is 23.2 Å². The predicted molar refractivity (Wildman–Crippen MR) is 130 cm³/mol. The predicted octanol–water partition coefficient (Wildman–Crippen LogP) is 2.22. The molecule has 0 saturated heterocycles. The molecule has 35 heavy (non-hydrogen) atoms. The topological polar surface area (TPSA) is 178 Å². The number of halogens is 2. The van der Waals surface area contributed by atoms with Gasteiger partial charge in [0.05, 0.1) is 34.9 Å². The fourth-order valence-corrected chi connectivity index (χ4v) is 4.15. The molecule has 0 aliphatic carbocycles. The van der Waals surface area contributed by atoms with Gasteiger partial charge < -0.3 is 31.4 Å². The Hall–Kier alpha value is -3.80. The molecule has 0 unspecified atom stereocenters. The molecule has 7 N–H and O–H groups in total. The summed E-state index contributed by atoms with van der Waals surface area (Å²) in [5, 5.41) is 31.3. The Bertz CT molecular complexity index is 1390. The summed E-state index contributed by atoms with van der Waals surface area (Å²) >= 11 is 12.6. The van der Waals surface area contributed by atoms with E-state index >= 15 is 0 Å². The highest BCUT2D eigenvalue weighted by Gasteiger charge is 2.37. The number of nitrogens with two attached hydrogens (primary N) is 1. The molecule has 3 heterocycles. The number of carbonyl (C=O) groups excluding carboxylic acids is 2. The van der Waals surface area contributed by atoms with Gasteiger partial charge in [-0.25, -0.2) is 4.98 Å². The van der Waals surface area contributed by atoms with Crippen molar-refractivity contribution < 1.29 is 24.9 Å². The van der Waals surface area contributed by atoms with Gasteiger partial charge in [-0.2, -0.15) is 4.98 Å². The largest absolute Gasteiger partial charge is 0.504 e. The third kappa shape index (κ3) is 4.48. The second kappa shape index (κ2) is 9.45. The van der Waals surface area contributed by atoms with E-state index < -0.39 is 17.6 Å². The SMILES string of the molecule is Cc1cc(CN2C(=O)/C(=C\c3cc(C(=O)NCCO)c[nH]3)c3c(Cl)nc(N)nc32)c(Cl)c(O)c1O. The fourth-order valence-electron chi connectivity index (χ4n) is 3.67. The van der Waals surface area contributed by atoms with Crippen molar-refractivity contribution in [2.24, 2.45) is 0 Å². The average molecular weight is 519 g/mol. The molecule has 182 valence electrons. The first-order valence-electron chi connectivity index (χ1n) is 10.3. The third-order valence-corrected chi connectivity index (χ3v) is 6.03. The van der Waals surface area contributed by atoms with Crippen molar-refractivity contribution in [3.63, 3.8) is 0 Å². The van der Waals surface area contributed by atoms with Gasteiger partial charge in [0.1, 0.15) is 5.15 Å². The Morgan fingerprint density at radius 2 is 2.00 bits per heavy atom. The monoisotopic (exact) mass is 518 g/mol. The molecule has 0 radical (unpaired) electrons. The maximum atomic E-state index is 13.5. The van der Waals surface area contributed by atoms with Crippen LogP contribution >= 0.6 is 23.2 Å². The molecule has 1 aromatic carbocycles. The van der Waals surface area contributed by atoms with Crippen LogP contribution in [0.3, 0.4) is 0 Å². The van der Waals surface area contributed by atoms with Gasteiger partial charge in [0, 0.05) is 18.4 Å². The van der Waals surface area contributed by atoms with E-state index in [0.717, 1.165) is 0 Å². The molecule has 1 aliphatic heterocycles. The number of hydrogen-bond donors (Lipinski definition) is 6. The van der Waals surface area contributed by atoms with Crippen molar-refractivity contribution in [2.45, 2.75) is 13.5 Å². The lowest BCUT2D eigenvalue weighted by molar-refractivity contribution is -0.113. The number of aromatic nitrogens is 3. The number of amides is 2. The zero-order valence-corrected chi connectivity index (χ0v) is 19.8. The molecule has 2 amide bonds. The average Bonchev–Trinajstić information content (AvgIpc) is 3.38. The number of nitrogen functional groups attached to an aromatic ring is 1. The van der Waals surface area contributed by atoms with Gasteiger partial charge in [-0.3, -0.25) is 14.5 Å². The quantitative estimate of drug-likeness (QED) is 0.163. The van der Waals surface area contributed by atoms with E-state index in [2.05, 4.69) is 20.3 Å². The van der Waals surface area contributed by atoms with E-state index in [4.69, 9.17) is 34.0 Å². The first-order valence-corrected chi connectivity index (χ1v) is 11.0. The van der Waals surface area contributed by atoms with Gasteiger partial charge in [-0.15, -0.1) is 0 Å². The van der Waals surface area contributed by atoms with Crippen LogP contribution in [0.5, 0.6) is 11.5 Å². The zero-order valence-electron chi connectivity index (χ0n) is 18.3.